The molecule has 4 rings (SSSR count). The van der Waals surface area contributed by atoms with Crippen molar-refractivity contribution in [1.29, 1.82) is 0 Å². The van der Waals surface area contributed by atoms with Gasteiger partial charge in [0, 0.05) is 18.3 Å². The van der Waals surface area contributed by atoms with Gasteiger partial charge in [0.15, 0.2) is 0 Å². The molecule has 0 bridgehead atoms. The molecule has 0 unspecified atom stereocenters. The van der Waals surface area contributed by atoms with Crippen molar-refractivity contribution < 1.29 is 9.53 Å². The van der Waals surface area contributed by atoms with Crippen LogP contribution in [0.15, 0.2) is 30.6 Å². The lowest BCUT2D eigenvalue weighted by molar-refractivity contribution is 0.0980. The Kier molecular flexibility index (Phi) is 3.49. The second-order valence-electron chi connectivity index (χ2n) is 6.06. The van der Waals surface area contributed by atoms with E-state index in [1.54, 1.807) is 19.4 Å². The summed E-state index contributed by atoms with van der Waals surface area (Å²) in [5.74, 6) is 1.18. The van der Waals surface area contributed by atoms with Crippen LogP contribution in [0.1, 0.15) is 40.2 Å². The molecule has 2 aromatic rings. The Labute approximate surface area is 140 Å². The molecule has 0 radical (unpaired) electrons. The van der Waals surface area contributed by atoms with Crippen LogP contribution in [-0.2, 0) is 6.42 Å². The number of hydrogen-bond donors (Lipinski definition) is 0. The summed E-state index contributed by atoms with van der Waals surface area (Å²) in [6.45, 7) is 0.655. The van der Waals surface area contributed by atoms with Gasteiger partial charge in [0.2, 0.25) is 0 Å². The molecule has 2 aliphatic rings. The van der Waals surface area contributed by atoms with Crippen LogP contribution in [0.2, 0.25) is 5.02 Å². The Bertz CT molecular complexity index is 787. The van der Waals surface area contributed by atoms with E-state index in [1.165, 1.54) is 18.4 Å². The Hall–Kier alpha value is -2.07. The fraction of sp³-hybridized carbons (Fsp3) is 0.333. The molecular formula is C18H17ClN2O2. The first-order valence-corrected chi connectivity index (χ1v) is 8.19. The van der Waals surface area contributed by atoms with Gasteiger partial charge in [-0.3, -0.25) is 9.78 Å². The fourth-order valence-electron chi connectivity index (χ4n) is 3.23. The zero-order chi connectivity index (χ0) is 16.0. The van der Waals surface area contributed by atoms with Gasteiger partial charge < -0.3 is 9.64 Å². The van der Waals surface area contributed by atoms with Gasteiger partial charge in [-0.25, -0.2) is 0 Å². The summed E-state index contributed by atoms with van der Waals surface area (Å²) in [6.07, 6.45) is 6.79. The highest BCUT2D eigenvalue weighted by Gasteiger charge is 2.32. The first-order valence-electron chi connectivity index (χ1n) is 7.81. The predicted molar refractivity (Wildman–Crippen MR) is 89.6 cm³/mol. The van der Waals surface area contributed by atoms with Crippen molar-refractivity contribution in [1.82, 2.24) is 4.98 Å². The minimum absolute atomic E-state index is 0.00861. The van der Waals surface area contributed by atoms with Crippen molar-refractivity contribution in [3.8, 4) is 5.75 Å². The molecule has 0 atom stereocenters. The summed E-state index contributed by atoms with van der Waals surface area (Å²) >= 11 is 6.20. The van der Waals surface area contributed by atoms with Crippen molar-refractivity contribution in [2.45, 2.75) is 25.2 Å². The van der Waals surface area contributed by atoms with Gasteiger partial charge in [0.05, 0.1) is 24.0 Å². The van der Waals surface area contributed by atoms with Gasteiger partial charge in [-0.05, 0) is 54.5 Å². The second-order valence-corrected chi connectivity index (χ2v) is 6.47. The second kappa shape index (κ2) is 5.53. The Morgan fingerprint density at radius 3 is 2.91 bits per heavy atom. The van der Waals surface area contributed by atoms with E-state index in [2.05, 4.69) is 4.98 Å². The summed E-state index contributed by atoms with van der Waals surface area (Å²) in [5.41, 5.74) is 3.83. The predicted octanol–water partition coefficient (Wildman–Crippen LogP) is 3.82. The molecule has 1 aromatic carbocycles. The number of nitrogens with zero attached hydrogens (tertiary/aromatic N) is 2. The number of aromatic nitrogens is 1. The highest BCUT2D eigenvalue weighted by molar-refractivity contribution is 6.32. The smallest absolute Gasteiger partial charge is 0.258 e. The highest BCUT2D eigenvalue weighted by Crippen LogP contribution is 2.44. The molecule has 0 spiro atoms. The largest absolute Gasteiger partial charge is 0.495 e. The molecule has 1 aliphatic heterocycles. The molecule has 23 heavy (non-hydrogen) atoms. The minimum atomic E-state index is -0.00861. The number of benzene rings is 1. The number of fused-ring (bicyclic) bond motifs is 1. The van der Waals surface area contributed by atoms with Gasteiger partial charge in [-0.2, -0.15) is 0 Å². The molecule has 1 aromatic heterocycles. The standard InChI is InChI=1S/C18H17ClN2O2/c1-23-17-8-12-5-7-21(18(22)14(12)9-15(17)19)16-10-20-6-4-13(16)11-2-3-11/h4,6,8-11H,2-3,5,7H2,1H3. The number of amides is 1. The van der Waals surface area contributed by atoms with Gasteiger partial charge in [-0.15, -0.1) is 0 Å². The average molecular weight is 329 g/mol. The van der Waals surface area contributed by atoms with Crippen LogP contribution in [0.4, 0.5) is 5.69 Å². The molecule has 1 amide bonds. The lowest BCUT2D eigenvalue weighted by atomic mass is 9.97. The Morgan fingerprint density at radius 2 is 2.17 bits per heavy atom. The van der Waals surface area contributed by atoms with Gasteiger partial charge in [0.25, 0.3) is 5.91 Å². The molecular weight excluding hydrogens is 312 g/mol. The summed E-state index contributed by atoms with van der Waals surface area (Å²) in [7, 11) is 1.59. The molecule has 0 N–H and O–H groups in total. The summed E-state index contributed by atoms with van der Waals surface area (Å²) in [6, 6.07) is 5.63. The van der Waals surface area contributed by atoms with E-state index in [1.807, 2.05) is 23.2 Å². The van der Waals surface area contributed by atoms with E-state index >= 15 is 0 Å². The van der Waals surface area contributed by atoms with Crippen LogP contribution in [0.25, 0.3) is 0 Å². The molecule has 1 aliphatic carbocycles. The van der Waals surface area contributed by atoms with E-state index in [0.717, 1.165) is 17.7 Å². The number of anilines is 1. The van der Waals surface area contributed by atoms with E-state index in [9.17, 15) is 4.79 Å². The molecule has 1 saturated carbocycles. The van der Waals surface area contributed by atoms with Crippen molar-refractivity contribution in [2.75, 3.05) is 18.6 Å². The van der Waals surface area contributed by atoms with Crippen LogP contribution < -0.4 is 9.64 Å². The van der Waals surface area contributed by atoms with Crippen LogP contribution in [0, 0.1) is 0 Å². The van der Waals surface area contributed by atoms with E-state index in [-0.39, 0.29) is 5.91 Å². The highest BCUT2D eigenvalue weighted by atomic mass is 35.5. The Morgan fingerprint density at radius 1 is 1.35 bits per heavy atom. The number of halogens is 1. The number of hydrogen-bond acceptors (Lipinski definition) is 3. The van der Waals surface area contributed by atoms with E-state index in [0.29, 0.717) is 28.8 Å². The Balaban J connectivity index is 1.74. The monoisotopic (exact) mass is 328 g/mol. The van der Waals surface area contributed by atoms with Crippen molar-refractivity contribution >= 4 is 23.2 Å². The first-order chi connectivity index (χ1) is 11.2. The summed E-state index contributed by atoms with van der Waals surface area (Å²) in [4.78, 5) is 19.0. The van der Waals surface area contributed by atoms with Gasteiger partial charge >= 0.3 is 0 Å². The van der Waals surface area contributed by atoms with E-state index in [4.69, 9.17) is 16.3 Å². The summed E-state index contributed by atoms with van der Waals surface area (Å²) < 4.78 is 5.25. The maximum Gasteiger partial charge on any atom is 0.258 e. The molecule has 4 nitrogen and oxygen atoms in total. The summed E-state index contributed by atoms with van der Waals surface area (Å²) in [5, 5.41) is 0.468. The number of pyridine rings is 1. The molecule has 1 fully saturated rings. The zero-order valence-electron chi connectivity index (χ0n) is 12.9. The number of carbonyl (C=O) groups excluding carboxylic acids is 1. The molecule has 5 heteroatoms. The third-order valence-corrected chi connectivity index (χ3v) is 4.89. The van der Waals surface area contributed by atoms with Crippen LogP contribution >= 0.6 is 11.6 Å². The number of carbonyl (C=O) groups is 1. The molecule has 118 valence electrons. The van der Waals surface area contributed by atoms with E-state index < -0.39 is 0 Å². The maximum atomic E-state index is 13.0. The topological polar surface area (TPSA) is 42.4 Å². The van der Waals surface area contributed by atoms with Crippen LogP contribution in [-0.4, -0.2) is 24.5 Å². The third-order valence-electron chi connectivity index (χ3n) is 4.60. The van der Waals surface area contributed by atoms with Crippen molar-refractivity contribution in [2.24, 2.45) is 0 Å². The zero-order valence-corrected chi connectivity index (χ0v) is 13.6. The van der Waals surface area contributed by atoms with Gasteiger partial charge in [0.1, 0.15) is 5.75 Å². The minimum Gasteiger partial charge on any atom is -0.495 e. The lowest BCUT2D eigenvalue weighted by Gasteiger charge is -2.30. The number of ether oxygens (including phenoxy) is 1. The first kappa shape index (κ1) is 14.5. The van der Waals surface area contributed by atoms with Crippen LogP contribution in [0.3, 0.4) is 0 Å². The normalized spacial score (nSPS) is 17.1. The quantitative estimate of drug-likeness (QED) is 0.860. The van der Waals surface area contributed by atoms with Gasteiger partial charge in [-0.1, -0.05) is 11.6 Å². The molecule has 0 saturated heterocycles. The van der Waals surface area contributed by atoms with Crippen LogP contribution in [0.5, 0.6) is 5.75 Å². The average Bonchev–Trinajstić information content (AvgIpc) is 3.40. The van der Waals surface area contributed by atoms with Crippen molar-refractivity contribution in [3.05, 3.63) is 52.3 Å². The van der Waals surface area contributed by atoms with Crippen molar-refractivity contribution in [3.63, 3.8) is 0 Å². The fourth-order valence-corrected chi connectivity index (χ4v) is 3.47. The number of rotatable bonds is 3. The maximum absolute atomic E-state index is 13.0. The third kappa shape index (κ3) is 2.47. The lowest BCUT2D eigenvalue weighted by Crippen LogP contribution is -2.38. The SMILES string of the molecule is COc1cc2c(cc1Cl)C(=O)N(c1cnccc1C1CC1)CC2. The number of methoxy groups -OCH3 is 1. The molecule has 2 heterocycles.